The van der Waals surface area contributed by atoms with E-state index in [0.717, 1.165) is 193 Å². The normalized spacial score (nSPS) is 14.9. The van der Waals surface area contributed by atoms with Crippen molar-refractivity contribution >= 4 is 39.5 Å². The fourth-order valence-corrected chi connectivity index (χ4v) is 11.2. The number of esters is 4. The van der Waals surface area contributed by atoms with Crippen LogP contribution in [0.15, 0.2) is 194 Å². The second-order valence-corrected chi connectivity index (χ2v) is 28.4. The van der Waals surface area contributed by atoms with E-state index in [1.54, 1.807) is 12.2 Å². The number of ether oxygens (including phenoxy) is 4. The molecule has 0 radical (unpaired) electrons. The summed E-state index contributed by atoms with van der Waals surface area (Å²) in [5.74, 6) is -2.41. The molecule has 0 aromatic heterocycles. The summed E-state index contributed by atoms with van der Waals surface area (Å²) in [7, 11) is -10.0. The lowest BCUT2D eigenvalue weighted by atomic mass is 10.1. The number of hydrogen-bond acceptors (Lipinski definition) is 15. The standard InChI is InChI=1S/C87H138O17P2/c1-5-9-13-17-21-25-29-33-36-38-40-42-45-48-51-55-59-63-67-71-84(89)97-77-82(103-86(91)73-69-65-61-57-53-47-32-28-24-20-16-12-8-4)79-101-105(93,94)99-75-81(88)76-100-106(95,96)102-80-83(104-87(92)74-70-66-62-58-54-50-44-35-31-27-23-19-15-11-7-3)78-98-85(90)72-68-64-60-56-52-49-46-43-41-39-37-34-30-26-22-18-14-10-6-2/h9-11,13-16,20-23,25-28,32-37,40-44,48,51,54,58,66,70,81-83,88H,5-8,12,17-19,24,29-31,38-39,45-47,49-50,52-53,55-57,59-65,67-69,71-80H2,1-4H3,(H,93,94)(H,95,96)/b13-9-,14-10-,15-11-,20-16-,25-21-,26-22-,27-23-,32-28-,36-33-,37-34-,42-40-,43-41-,44-35-,51-48-,58-54-,70-66-. The Labute approximate surface area is 640 Å². The van der Waals surface area contributed by atoms with Crippen LogP contribution < -0.4 is 0 Å². The molecule has 0 spiro atoms. The van der Waals surface area contributed by atoms with Gasteiger partial charge in [-0.3, -0.25) is 37.3 Å². The third-order valence-corrected chi connectivity index (χ3v) is 17.5. The van der Waals surface area contributed by atoms with Crippen LogP contribution >= 0.6 is 15.6 Å². The number of carbonyl (C=O) groups is 4. The first-order chi connectivity index (χ1) is 51.7. The highest BCUT2D eigenvalue weighted by Gasteiger charge is 2.30. The monoisotopic (exact) mass is 1520 g/mol. The molecule has 5 unspecified atom stereocenters. The zero-order chi connectivity index (χ0) is 77.4. The topological polar surface area (TPSA) is 237 Å². The number of allylic oxidation sites excluding steroid dienone is 31. The highest BCUT2D eigenvalue weighted by molar-refractivity contribution is 7.47. The second kappa shape index (κ2) is 77.1. The molecule has 0 saturated heterocycles. The SMILES string of the molecule is CC/C=C\C/C=C\C/C=C\C/C=C\C/C=C\CCCCCC(=O)OCC(COP(=O)(O)OCC(O)COP(=O)(O)OCC(COC(=O)CCCCCCCC/C=C\C/C=C\C/C=C\C/C=C\CC)OC(=O)C/C=C\C/C=C\C/C=C\C/C=C\C/C=C\CC)OC(=O)CCCCCCC/C=C\C/C=C\CCC. The molecular formula is C87H138O17P2. The van der Waals surface area contributed by atoms with Gasteiger partial charge >= 0.3 is 39.5 Å². The molecule has 0 rings (SSSR count). The van der Waals surface area contributed by atoms with Crippen LogP contribution in [0.3, 0.4) is 0 Å². The van der Waals surface area contributed by atoms with Gasteiger partial charge in [-0.15, -0.1) is 0 Å². The van der Waals surface area contributed by atoms with Crippen molar-refractivity contribution in [3.8, 4) is 0 Å². The second-order valence-electron chi connectivity index (χ2n) is 25.5. The van der Waals surface area contributed by atoms with Crippen molar-refractivity contribution in [2.45, 2.75) is 290 Å². The maximum Gasteiger partial charge on any atom is 0.472 e. The summed E-state index contributed by atoms with van der Waals surface area (Å²) in [5, 5.41) is 10.6. The largest absolute Gasteiger partial charge is 0.472 e. The molecule has 19 heteroatoms. The Kier molecular flexibility index (Phi) is 72.6. The van der Waals surface area contributed by atoms with E-state index in [4.69, 9.17) is 37.0 Å². The first-order valence-electron chi connectivity index (χ1n) is 39.7. The molecule has 0 aromatic rings. The molecule has 0 heterocycles. The minimum atomic E-state index is -5.02. The summed E-state index contributed by atoms with van der Waals surface area (Å²) in [6, 6.07) is 0. The first kappa shape index (κ1) is 99.9. The summed E-state index contributed by atoms with van der Waals surface area (Å²) in [5.41, 5.74) is 0. The van der Waals surface area contributed by atoms with Crippen molar-refractivity contribution in [3.05, 3.63) is 194 Å². The Bertz CT molecular complexity index is 2780. The lowest BCUT2D eigenvalue weighted by Gasteiger charge is -2.21. The lowest BCUT2D eigenvalue weighted by molar-refractivity contribution is -0.161. The number of carbonyl (C=O) groups excluding carboxylic acids is 4. The number of phosphoric ester groups is 2. The number of aliphatic hydroxyl groups excluding tert-OH is 1. The number of aliphatic hydroxyl groups is 1. The average Bonchev–Trinajstić information content (AvgIpc) is 0.901. The molecule has 3 N–H and O–H groups in total. The van der Waals surface area contributed by atoms with Crippen LogP contribution in [0.5, 0.6) is 0 Å². The van der Waals surface area contributed by atoms with Gasteiger partial charge in [0.25, 0.3) is 0 Å². The van der Waals surface area contributed by atoms with Crippen LogP contribution in [0.1, 0.15) is 272 Å². The highest BCUT2D eigenvalue weighted by Crippen LogP contribution is 2.45. The predicted octanol–water partition coefficient (Wildman–Crippen LogP) is 23.3. The van der Waals surface area contributed by atoms with Crippen LogP contribution in [-0.2, 0) is 65.4 Å². The van der Waals surface area contributed by atoms with E-state index in [2.05, 4.69) is 198 Å². The predicted molar refractivity (Wildman–Crippen MR) is 436 cm³/mol. The lowest BCUT2D eigenvalue weighted by Crippen LogP contribution is -2.30. The molecule has 17 nitrogen and oxygen atoms in total. The smallest absolute Gasteiger partial charge is 0.462 e. The van der Waals surface area contributed by atoms with E-state index in [1.165, 1.54) is 0 Å². The van der Waals surface area contributed by atoms with Gasteiger partial charge in [0.05, 0.1) is 32.8 Å². The fraction of sp³-hybridized carbons (Fsp3) is 0.586. The van der Waals surface area contributed by atoms with Gasteiger partial charge in [0.1, 0.15) is 19.3 Å². The van der Waals surface area contributed by atoms with E-state index in [9.17, 15) is 43.2 Å². The van der Waals surface area contributed by atoms with E-state index in [0.29, 0.717) is 25.7 Å². The third kappa shape index (κ3) is 76.1. The molecule has 0 saturated carbocycles. The summed E-state index contributed by atoms with van der Waals surface area (Å²) in [6.07, 6.45) is 94.5. The number of unbranched alkanes of at least 4 members (excludes halogenated alkanes) is 15. The van der Waals surface area contributed by atoms with Crippen LogP contribution in [0.4, 0.5) is 0 Å². The van der Waals surface area contributed by atoms with Crippen molar-refractivity contribution < 1.29 is 80.2 Å². The molecule has 598 valence electrons. The molecular weight excluding hydrogens is 1380 g/mol. The maximum atomic E-state index is 13.1. The Morgan fingerprint density at radius 2 is 0.528 bits per heavy atom. The average molecular weight is 1520 g/mol. The molecule has 0 aliphatic heterocycles. The van der Waals surface area contributed by atoms with Gasteiger partial charge in [0.15, 0.2) is 12.2 Å². The molecule has 0 bridgehead atoms. The highest BCUT2D eigenvalue weighted by atomic mass is 31.2. The number of phosphoric acid groups is 2. The van der Waals surface area contributed by atoms with Gasteiger partial charge in [-0.2, -0.15) is 0 Å². The van der Waals surface area contributed by atoms with E-state index in [-0.39, 0.29) is 25.7 Å². The van der Waals surface area contributed by atoms with Crippen LogP contribution in [0, 0.1) is 0 Å². The molecule has 0 aliphatic carbocycles. The van der Waals surface area contributed by atoms with Gasteiger partial charge < -0.3 is 33.8 Å². The number of hydrogen-bond donors (Lipinski definition) is 3. The molecule has 0 aromatic carbocycles. The van der Waals surface area contributed by atoms with Crippen molar-refractivity contribution in [1.29, 1.82) is 0 Å². The van der Waals surface area contributed by atoms with E-state index >= 15 is 0 Å². The summed E-state index contributed by atoms with van der Waals surface area (Å²) >= 11 is 0. The molecule has 106 heavy (non-hydrogen) atoms. The summed E-state index contributed by atoms with van der Waals surface area (Å²) in [4.78, 5) is 73.0. The van der Waals surface area contributed by atoms with E-state index in [1.807, 2.05) is 12.2 Å². The summed E-state index contributed by atoms with van der Waals surface area (Å²) in [6.45, 7) is 4.25. The first-order valence-corrected chi connectivity index (χ1v) is 42.7. The third-order valence-electron chi connectivity index (χ3n) is 15.5. The number of rotatable bonds is 72. The zero-order valence-corrected chi connectivity index (χ0v) is 67.1. The van der Waals surface area contributed by atoms with Crippen molar-refractivity contribution in [2.75, 3.05) is 39.6 Å². The molecule has 0 fully saturated rings. The van der Waals surface area contributed by atoms with Crippen LogP contribution in [0.2, 0.25) is 0 Å². The molecule has 0 amide bonds. The van der Waals surface area contributed by atoms with Gasteiger partial charge in [0, 0.05) is 19.3 Å². The quantitative estimate of drug-likeness (QED) is 0.0169. The molecule has 0 aliphatic rings. The fourth-order valence-electron chi connectivity index (χ4n) is 9.64. The Morgan fingerprint density at radius 1 is 0.283 bits per heavy atom. The van der Waals surface area contributed by atoms with Crippen LogP contribution in [-0.4, -0.2) is 96.7 Å². The van der Waals surface area contributed by atoms with Gasteiger partial charge in [-0.25, -0.2) is 9.13 Å². The minimum Gasteiger partial charge on any atom is -0.462 e. The Morgan fingerprint density at radius 3 is 0.849 bits per heavy atom. The van der Waals surface area contributed by atoms with Gasteiger partial charge in [0.2, 0.25) is 0 Å². The van der Waals surface area contributed by atoms with Crippen molar-refractivity contribution in [3.63, 3.8) is 0 Å². The van der Waals surface area contributed by atoms with Crippen molar-refractivity contribution in [2.24, 2.45) is 0 Å². The Balaban J connectivity index is 5.48. The maximum absolute atomic E-state index is 13.1. The van der Waals surface area contributed by atoms with Crippen LogP contribution in [0.25, 0.3) is 0 Å². The van der Waals surface area contributed by atoms with E-state index < -0.39 is 97.5 Å². The molecule has 5 atom stereocenters. The van der Waals surface area contributed by atoms with Gasteiger partial charge in [-0.1, -0.05) is 280 Å². The zero-order valence-electron chi connectivity index (χ0n) is 65.3. The summed E-state index contributed by atoms with van der Waals surface area (Å²) < 4.78 is 68.4. The Hall–Kier alpha value is -6.10. The van der Waals surface area contributed by atoms with Crippen molar-refractivity contribution in [1.82, 2.24) is 0 Å². The minimum absolute atomic E-state index is 0.0607. The van der Waals surface area contributed by atoms with Gasteiger partial charge in [-0.05, 0) is 161 Å².